The topological polar surface area (TPSA) is 38.8 Å². The van der Waals surface area contributed by atoms with Crippen LogP contribution in [-0.4, -0.2) is 37.3 Å². The summed E-state index contributed by atoms with van der Waals surface area (Å²) in [6.07, 6.45) is -0.441. The van der Waals surface area contributed by atoms with E-state index in [4.69, 9.17) is 16.3 Å². The molecule has 0 aliphatic rings. The Balaban J connectivity index is 2.14. The van der Waals surface area contributed by atoms with Gasteiger partial charge >= 0.3 is 6.09 Å². The maximum atomic E-state index is 11.2. The highest BCUT2D eigenvalue weighted by Gasteiger charge is 2.08. The van der Waals surface area contributed by atoms with Crippen molar-refractivity contribution < 1.29 is 14.3 Å². The van der Waals surface area contributed by atoms with Crippen molar-refractivity contribution in [2.75, 3.05) is 26.3 Å². The van der Waals surface area contributed by atoms with Gasteiger partial charge in [-0.2, -0.15) is 0 Å². The van der Waals surface area contributed by atoms with Gasteiger partial charge in [-0.25, -0.2) is 4.79 Å². The molecular weight excluding hydrogens is 242 g/mol. The highest BCUT2D eigenvalue weighted by Crippen LogP contribution is 2.00. The minimum Gasteiger partial charge on any atom is -0.433 e. The van der Waals surface area contributed by atoms with E-state index < -0.39 is 6.09 Å². The summed E-state index contributed by atoms with van der Waals surface area (Å²) in [5.74, 6) is 0. The average Bonchev–Trinajstić information content (AvgIpc) is 2.36. The van der Waals surface area contributed by atoms with Gasteiger partial charge in [-0.3, -0.25) is 0 Å². The summed E-state index contributed by atoms with van der Waals surface area (Å²) in [6, 6.07) is 9.73. The van der Waals surface area contributed by atoms with E-state index in [2.05, 4.69) is 4.74 Å². The van der Waals surface area contributed by atoms with Gasteiger partial charge in [0.1, 0.15) is 0 Å². The minimum atomic E-state index is -0.441. The molecule has 0 radical (unpaired) electrons. The summed E-state index contributed by atoms with van der Waals surface area (Å²) in [5, 5.41) is 0. The number of hydrogen-bond donors (Lipinski definition) is 0. The summed E-state index contributed by atoms with van der Waals surface area (Å²) in [4.78, 5) is 12.6. The Kier molecular flexibility index (Phi) is 6.43. The lowest BCUT2D eigenvalue weighted by Gasteiger charge is -2.15. The molecule has 1 aromatic rings. The fourth-order valence-corrected chi connectivity index (χ4v) is 1.31. The third kappa shape index (κ3) is 5.56. The predicted octanol–water partition coefficient (Wildman–Crippen LogP) is 2.47. The van der Waals surface area contributed by atoms with Crippen molar-refractivity contribution in [3.05, 3.63) is 35.9 Å². The van der Waals surface area contributed by atoms with Gasteiger partial charge in [0.2, 0.25) is 0 Å². The molecule has 17 heavy (non-hydrogen) atoms. The first-order valence-corrected chi connectivity index (χ1v) is 5.83. The zero-order valence-electron chi connectivity index (χ0n) is 9.77. The maximum Gasteiger partial charge on any atom is 0.410 e. The molecule has 0 unspecified atom stereocenters. The van der Waals surface area contributed by atoms with E-state index in [0.29, 0.717) is 19.8 Å². The zero-order chi connectivity index (χ0) is 12.5. The van der Waals surface area contributed by atoms with E-state index in [1.165, 1.54) is 4.90 Å². The number of rotatable bonds is 6. The molecule has 0 bridgehead atoms. The van der Waals surface area contributed by atoms with Crippen LogP contribution in [0.2, 0.25) is 0 Å². The Bertz CT molecular complexity index is 332. The first kappa shape index (κ1) is 13.8. The fraction of sp³-hybridized carbons (Fsp3) is 0.417. The van der Waals surface area contributed by atoms with Crippen molar-refractivity contribution in [1.29, 1.82) is 0 Å². The van der Waals surface area contributed by atoms with Gasteiger partial charge in [0, 0.05) is 13.6 Å². The van der Waals surface area contributed by atoms with Crippen molar-refractivity contribution in [2.24, 2.45) is 0 Å². The summed E-state index contributed by atoms with van der Waals surface area (Å²) >= 11 is 5.28. The first-order chi connectivity index (χ1) is 8.24. The molecule has 1 rings (SSSR count). The average molecular weight is 258 g/mol. The number of likely N-dealkylation sites (N-methyl/N-ethyl adjacent to an activating group) is 1. The Hall–Kier alpha value is -1.26. The van der Waals surface area contributed by atoms with Crippen LogP contribution in [0, 0.1) is 0 Å². The molecule has 0 saturated carbocycles. The van der Waals surface area contributed by atoms with Gasteiger partial charge in [0.25, 0.3) is 0 Å². The Morgan fingerprint density at radius 1 is 1.35 bits per heavy atom. The maximum absolute atomic E-state index is 11.2. The van der Waals surface area contributed by atoms with Crippen LogP contribution in [-0.2, 0) is 16.1 Å². The molecule has 94 valence electrons. The molecular formula is C12H16ClNO3. The number of halogens is 1. The van der Waals surface area contributed by atoms with Crippen molar-refractivity contribution in [2.45, 2.75) is 6.61 Å². The van der Waals surface area contributed by atoms with Crippen LogP contribution in [0.5, 0.6) is 0 Å². The molecule has 0 fully saturated rings. The molecule has 0 saturated heterocycles. The Morgan fingerprint density at radius 2 is 2.06 bits per heavy atom. The van der Waals surface area contributed by atoms with E-state index in [-0.39, 0.29) is 6.07 Å². The molecule has 4 nitrogen and oxygen atoms in total. The molecule has 1 amide bonds. The largest absolute Gasteiger partial charge is 0.433 e. The molecule has 0 N–H and O–H groups in total. The molecule has 0 atom stereocenters. The second-order valence-corrected chi connectivity index (χ2v) is 3.70. The van der Waals surface area contributed by atoms with E-state index >= 15 is 0 Å². The molecule has 0 aliphatic heterocycles. The van der Waals surface area contributed by atoms with Crippen LogP contribution in [0.15, 0.2) is 30.3 Å². The lowest BCUT2D eigenvalue weighted by atomic mass is 10.2. The van der Waals surface area contributed by atoms with Crippen LogP contribution < -0.4 is 0 Å². The molecule has 1 aromatic carbocycles. The SMILES string of the molecule is CN(CCOCc1ccccc1)C(=O)OCCl. The lowest BCUT2D eigenvalue weighted by Crippen LogP contribution is -2.30. The lowest BCUT2D eigenvalue weighted by molar-refractivity contribution is 0.0847. The van der Waals surface area contributed by atoms with Crippen LogP contribution in [0.4, 0.5) is 4.79 Å². The van der Waals surface area contributed by atoms with Gasteiger partial charge in [0.05, 0.1) is 13.2 Å². The number of amides is 1. The number of carbonyl (C=O) groups is 1. The quantitative estimate of drug-likeness (QED) is 0.581. The number of benzene rings is 1. The molecule has 5 heteroatoms. The van der Waals surface area contributed by atoms with Gasteiger partial charge < -0.3 is 14.4 Å². The number of alkyl halides is 1. The first-order valence-electron chi connectivity index (χ1n) is 5.29. The van der Waals surface area contributed by atoms with E-state index in [0.717, 1.165) is 5.56 Å². The fourth-order valence-electron chi connectivity index (χ4n) is 1.21. The normalized spacial score (nSPS) is 10.0. The van der Waals surface area contributed by atoms with E-state index in [1.807, 2.05) is 30.3 Å². The van der Waals surface area contributed by atoms with Crippen LogP contribution in [0.1, 0.15) is 5.56 Å². The summed E-state index contributed by atoms with van der Waals surface area (Å²) in [5.41, 5.74) is 1.11. The van der Waals surface area contributed by atoms with Crippen molar-refractivity contribution in [1.82, 2.24) is 4.90 Å². The third-order valence-electron chi connectivity index (χ3n) is 2.17. The summed E-state index contributed by atoms with van der Waals surface area (Å²) in [6.45, 7) is 1.48. The second kappa shape index (κ2) is 7.92. The monoisotopic (exact) mass is 257 g/mol. The Morgan fingerprint density at radius 3 is 2.71 bits per heavy atom. The van der Waals surface area contributed by atoms with Crippen LogP contribution in [0.3, 0.4) is 0 Å². The van der Waals surface area contributed by atoms with E-state index in [9.17, 15) is 4.79 Å². The second-order valence-electron chi connectivity index (χ2n) is 3.48. The van der Waals surface area contributed by atoms with Crippen molar-refractivity contribution in [3.63, 3.8) is 0 Å². The van der Waals surface area contributed by atoms with Gasteiger partial charge in [-0.05, 0) is 5.56 Å². The third-order valence-corrected chi connectivity index (χ3v) is 2.28. The summed E-state index contributed by atoms with van der Waals surface area (Å²) < 4.78 is 10.1. The number of ether oxygens (including phenoxy) is 2. The standard InChI is InChI=1S/C12H16ClNO3/c1-14(12(15)17-10-13)7-8-16-9-11-5-3-2-4-6-11/h2-6H,7-10H2,1H3. The smallest absolute Gasteiger partial charge is 0.410 e. The molecule has 0 aromatic heterocycles. The van der Waals surface area contributed by atoms with Gasteiger partial charge in [-0.15, -0.1) is 0 Å². The molecule has 0 heterocycles. The highest BCUT2D eigenvalue weighted by molar-refractivity contribution is 6.17. The van der Waals surface area contributed by atoms with Crippen LogP contribution >= 0.6 is 11.6 Å². The van der Waals surface area contributed by atoms with Gasteiger partial charge in [-0.1, -0.05) is 41.9 Å². The van der Waals surface area contributed by atoms with Gasteiger partial charge in [0.15, 0.2) is 6.07 Å². The number of hydrogen-bond acceptors (Lipinski definition) is 3. The minimum absolute atomic E-state index is 0.131. The predicted molar refractivity (Wildman–Crippen MR) is 65.9 cm³/mol. The van der Waals surface area contributed by atoms with Crippen molar-refractivity contribution in [3.8, 4) is 0 Å². The molecule has 0 aliphatic carbocycles. The zero-order valence-corrected chi connectivity index (χ0v) is 10.5. The number of nitrogens with zero attached hydrogens (tertiary/aromatic N) is 1. The van der Waals surface area contributed by atoms with E-state index in [1.54, 1.807) is 7.05 Å². The van der Waals surface area contributed by atoms with Crippen molar-refractivity contribution >= 4 is 17.7 Å². The Labute approximate surface area is 106 Å². The number of carbonyl (C=O) groups excluding carboxylic acids is 1. The molecule has 0 spiro atoms. The summed E-state index contributed by atoms with van der Waals surface area (Å²) in [7, 11) is 1.64. The highest BCUT2D eigenvalue weighted by atomic mass is 35.5. The van der Waals surface area contributed by atoms with Crippen LogP contribution in [0.25, 0.3) is 0 Å².